The van der Waals surface area contributed by atoms with E-state index in [9.17, 15) is 0 Å². The number of thioether (sulfide) groups is 1. The summed E-state index contributed by atoms with van der Waals surface area (Å²) in [6.07, 6.45) is 2.97. The summed E-state index contributed by atoms with van der Waals surface area (Å²) in [7, 11) is 0. The zero-order chi connectivity index (χ0) is 10.7. The van der Waals surface area contributed by atoms with Crippen LogP contribution in [0.4, 0.5) is 0 Å². The Bertz CT molecular complexity index is 440. The van der Waals surface area contributed by atoms with E-state index in [-0.39, 0.29) is 0 Å². The summed E-state index contributed by atoms with van der Waals surface area (Å²) in [5, 5.41) is 9.66. The Morgan fingerprint density at radius 2 is 2.33 bits per heavy atom. The predicted octanol–water partition coefficient (Wildman–Crippen LogP) is 1.56. The normalized spacial score (nSPS) is 13.2. The van der Waals surface area contributed by atoms with Crippen molar-refractivity contribution in [3.8, 4) is 0 Å². The van der Waals surface area contributed by atoms with Crippen molar-refractivity contribution in [3.63, 3.8) is 0 Å². The molecule has 80 valence electrons. The Balaban J connectivity index is 2.21. The van der Waals surface area contributed by atoms with Crippen molar-refractivity contribution in [3.05, 3.63) is 24.4 Å². The monoisotopic (exact) mass is 222 g/mol. The van der Waals surface area contributed by atoms with Gasteiger partial charge in [-0.05, 0) is 25.1 Å². The maximum absolute atomic E-state index is 5.51. The molecule has 15 heavy (non-hydrogen) atoms. The van der Waals surface area contributed by atoms with Crippen LogP contribution in [-0.4, -0.2) is 26.4 Å². The van der Waals surface area contributed by atoms with Gasteiger partial charge in [0.05, 0.1) is 0 Å². The van der Waals surface area contributed by atoms with Crippen LogP contribution in [0.5, 0.6) is 0 Å². The van der Waals surface area contributed by atoms with Crippen molar-refractivity contribution < 1.29 is 0 Å². The number of rotatable bonds is 4. The maximum Gasteiger partial charge on any atom is 0.195 e. The van der Waals surface area contributed by atoms with E-state index in [1.165, 1.54) is 0 Å². The van der Waals surface area contributed by atoms with Gasteiger partial charge in [-0.3, -0.25) is 4.40 Å². The SMILES string of the molecule is CC(CCN)Sc1nnc2ccccn12. The molecule has 0 saturated carbocycles. The Morgan fingerprint density at radius 1 is 1.47 bits per heavy atom. The molecule has 0 radical (unpaired) electrons. The molecule has 2 aromatic heterocycles. The lowest BCUT2D eigenvalue weighted by atomic mass is 10.3. The molecule has 0 aliphatic rings. The highest BCUT2D eigenvalue weighted by Crippen LogP contribution is 2.23. The number of aromatic nitrogens is 3. The van der Waals surface area contributed by atoms with E-state index in [1.807, 2.05) is 28.8 Å². The molecule has 0 aromatic carbocycles. The first-order chi connectivity index (χ1) is 7.31. The van der Waals surface area contributed by atoms with E-state index < -0.39 is 0 Å². The average Bonchev–Trinajstić information content (AvgIpc) is 2.62. The Morgan fingerprint density at radius 3 is 3.13 bits per heavy atom. The van der Waals surface area contributed by atoms with Crippen molar-refractivity contribution in [2.45, 2.75) is 23.8 Å². The number of nitrogens with zero attached hydrogens (tertiary/aromatic N) is 3. The highest BCUT2D eigenvalue weighted by Gasteiger charge is 2.09. The fourth-order valence-corrected chi connectivity index (χ4v) is 2.34. The quantitative estimate of drug-likeness (QED) is 0.798. The molecular weight excluding hydrogens is 208 g/mol. The Hall–Kier alpha value is -1.07. The number of pyridine rings is 1. The molecule has 5 heteroatoms. The fraction of sp³-hybridized carbons (Fsp3) is 0.400. The van der Waals surface area contributed by atoms with E-state index in [1.54, 1.807) is 11.8 Å². The largest absolute Gasteiger partial charge is 0.330 e. The van der Waals surface area contributed by atoms with Crippen LogP contribution in [0, 0.1) is 0 Å². The molecule has 2 heterocycles. The Labute approximate surface area is 92.9 Å². The molecule has 1 unspecified atom stereocenters. The lowest BCUT2D eigenvalue weighted by molar-refractivity contribution is 0.812. The summed E-state index contributed by atoms with van der Waals surface area (Å²) in [5.74, 6) is 0. The molecule has 2 rings (SSSR count). The molecule has 2 aromatic rings. The third-order valence-corrected chi connectivity index (χ3v) is 3.29. The van der Waals surface area contributed by atoms with Crippen molar-refractivity contribution in [2.24, 2.45) is 5.73 Å². The Kier molecular flexibility index (Phi) is 3.23. The van der Waals surface area contributed by atoms with Gasteiger partial charge in [0, 0.05) is 11.4 Å². The van der Waals surface area contributed by atoms with Crippen molar-refractivity contribution in [1.82, 2.24) is 14.6 Å². The standard InChI is InChI=1S/C10H14N4S/c1-8(5-6-11)15-10-13-12-9-4-2-3-7-14(9)10/h2-4,7-8H,5-6,11H2,1H3. The van der Waals surface area contributed by atoms with Crippen molar-refractivity contribution >= 4 is 17.4 Å². The van der Waals surface area contributed by atoms with Gasteiger partial charge in [0.25, 0.3) is 0 Å². The lowest BCUT2D eigenvalue weighted by Gasteiger charge is -2.07. The summed E-state index contributed by atoms with van der Waals surface area (Å²) < 4.78 is 2.00. The molecule has 0 amide bonds. The maximum atomic E-state index is 5.51. The minimum atomic E-state index is 0.475. The molecule has 0 bridgehead atoms. The van der Waals surface area contributed by atoms with Crippen LogP contribution in [0.25, 0.3) is 5.65 Å². The van der Waals surface area contributed by atoms with E-state index >= 15 is 0 Å². The molecule has 1 atom stereocenters. The van der Waals surface area contributed by atoms with Gasteiger partial charge >= 0.3 is 0 Å². The van der Waals surface area contributed by atoms with Crippen molar-refractivity contribution in [1.29, 1.82) is 0 Å². The molecule has 0 spiro atoms. The molecule has 2 N–H and O–H groups in total. The highest BCUT2D eigenvalue weighted by atomic mass is 32.2. The van der Waals surface area contributed by atoms with Gasteiger partial charge in [-0.1, -0.05) is 24.8 Å². The smallest absolute Gasteiger partial charge is 0.195 e. The number of hydrogen-bond donors (Lipinski definition) is 1. The van der Waals surface area contributed by atoms with E-state index in [2.05, 4.69) is 17.1 Å². The first kappa shape index (κ1) is 10.4. The molecule has 0 aliphatic carbocycles. The summed E-state index contributed by atoms with van der Waals surface area (Å²) in [6.45, 7) is 2.87. The van der Waals surface area contributed by atoms with E-state index in [4.69, 9.17) is 5.73 Å². The second kappa shape index (κ2) is 4.63. The lowest BCUT2D eigenvalue weighted by Crippen LogP contribution is -2.07. The molecule has 4 nitrogen and oxygen atoms in total. The average molecular weight is 222 g/mol. The second-order valence-electron chi connectivity index (χ2n) is 3.42. The van der Waals surface area contributed by atoms with Gasteiger partial charge in [-0.25, -0.2) is 0 Å². The number of nitrogens with two attached hydrogens (primary N) is 1. The predicted molar refractivity (Wildman–Crippen MR) is 62.0 cm³/mol. The zero-order valence-corrected chi connectivity index (χ0v) is 9.44. The first-order valence-electron chi connectivity index (χ1n) is 4.97. The molecule has 0 saturated heterocycles. The van der Waals surface area contributed by atoms with Crippen LogP contribution < -0.4 is 5.73 Å². The third-order valence-electron chi connectivity index (χ3n) is 2.16. The van der Waals surface area contributed by atoms with Gasteiger partial charge in [0.15, 0.2) is 10.8 Å². The third kappa shape index (κ3) is 2.30. The van der Waals surface area contributed by atoms with Crippen LogP contribution in [0.1, 0.15) is 13.3 Å². The van der Waals surface area contributed by atoms with Crippen LogP contribution >= 0.6 is 11.8 Å². The van der Waals surface area contributed by atoms with Gasteiger partial charge in [-0.15, -0.1) is 10.2 Å². The molecular formula is C10H14N4S. The van der Waals surface area contributed by atoms with Gasteiger partial charge in [-0.2, -0.15) is 0 Å². The van der Waals surface area contributed by atoms with Crippen LogP contribution in [0.3, 0.4) is 0 Å². The minimum Gasteiger partial charge on any atom is -0.330 e. The molecule has 0 fully saturated rings. The summed E-state index contributed by atoms with van der Waals surface area (Å²) >= 11 is 1.71. The fourth-order valence-electron chi connectivity index (χ4n) is 1.37. The van der Waals surface area contributed by atoms with Gasteiger partial charge in [0.1, 0.15) is 0 Å². The van der Waals surface area contributed by atoms with Crippen LogP contribution in [0.15, 0.2) is 29.6 Å². The van der Waals surface area contributed by atoms with Gasteiger partial charge in [0.2, 0.25) is 0 Å². The van der Waals surface area contributed by atoms with E-state index in [0.717, 1.165) is 17.2 Å². The van der Waals surface area contributed by atoms with Crippen LogP contribution in [0.2, 0.25) is 0 Å². The first-order valence-corrected chi connectivity index (χ1v) is 5.85. The van der Waals surface area contributed by atoms with Crippen LogP contribution in [-0.2, 0) is 0 Å². The zero-order valence-electron chi connectivity index (χ0n) is 8.63. The van der Waals surface area contributed by atoms with Gasteiger partial charge < -0.3 is 5.73 Å². The minimum absolute atomic E-state index is 0.475. The number of hydrogen-bond acceptors (Lipinski definition) is 4. The molecule has 0 aliphatic heterocycles. The highest BCUT2D eigenvalue weighted by molar-refractivity contribution is 7.99. The summed E-state index contributed by atoms with van der Waals surface area (Å²) in [4.78, 5) is 0. The topological polar surface area (TPSA) is 56.2 Å². The number of fused-ring (bicyclic) bond motifs is 1. The summed E-state index contributed by atoms with van der Waals surface area (Å²) in [5.41, 5.74) is 6.40. The second-order valence-corrected chi connectivity index (χ2v) is 4.82. The van der Waals surface area contributed by atoms with E-state index in [0.29, 0.717) is 11.8 Å². The van der Waals surface area contributed by atoms with Crippen molar-refractivity contribution in [2.75, 3.05) is 6.54 Å². The summed E-state index contributed by atoms with van der Waals surface area (Å²) in [6, 6.07) is 5.89.